The highest BCUT2D eigenvalue weighted by Gasteiger charge is 2.34. The van der Waals surface area contributed by atoms with Crippen LogP contribution in [0.15, 0.2) is 28.0 Å². The van der Waals surface area contributed by atoms with Crippen molar-refractivity contribution >= 4 is 15.9 Å². The largest absolute Gasteiger partial charge is 0.416 e. The molecule has 104 valence electrons. The molecule has 1 aromatic rings. The molecule has 0 aliphatic carbocycles. The number of sulfone groups is 1. The van der Waals surface area contributed by atoms with Gasteiger partial charge in [0.25, 0.3) is 0 Å². The maximum Gasteiger partial charge on any atom is 0.416 e. The summed E-state index contributed by atoms with van der Waals surface area (Å²) < 4.78 is 61.9. The van der Waals surface area contributed by atoms with Crippen LogP contribution in [0, 0.1) is 0 Å². The zero-order chi connectivity index (χ0) is 14.3. The zero-order valence-corrected chi connectivity index (χ0v) is 10.9. The maximum atomic E-state index is 12.6. The smallest absolute Gasteiger partial charge is 0.319 e. The van der Waals surface area contributed by atoms with Gasteiger partial charge in [-0.2, -0.15) is 13.2 Å². The van der Waals surface area contributed by atoms with Crippen LogP contribution >= 0.6 is 0 Å². The van der Waals surface area contributed by atoms with Crippen molar-refractivity contribution in [2.75, 3.05) is 13.6 Å². The van der Waals surface area contributed by atoms with Crippen LogP contribution in [0.5, 0.6) is 0 Å². The molecule has 19 heavy (non-hydrogen) atoms. The van der Waals surface area contributed by atoms with Crippen molar-refractivity contribution in [2.24, 2.45) is 0 Å². The lowest BCUT2D eigenvalue weighted by Crippen LogP contribution is -2.11. The Hall–Kier alpha value is -1.34. The maximum absolute atomic E-state index is 12.6. The van der Waals surface area contributed by atoms with Gasteiger partial charge in [-0.3, -0.25) is 0 Å². The van der Waals surface area contributed by atoms with Crippen LogP contribution in [0.2, 0.25) is 0 Å². The molecule has 3 nitrogen and oxygen atoms in total. The molecule has 0 saturated carbocycles. The van der Waals surface area contributed by atoms with E-state index in [1.165, 1.54) is 6.08 Å². The molecule has 1 N–H and O–H groups in total. The monoisotopic (exact) mass is 291 g/mol. The average molecular weight is 291 g/mol. The van der Waals surface area contributed by atoms with E-state index < -0.39 is 21.6 Å². The van der Waals surface area contributed by atoms with E-state index in [2.05, 4.69) is 5.32 Å². The third kappa shape index (κ3) is 2.52. The quantitative estimate of drug-likeness (QED) is 0.930. The SMILES string of the molecule is CNCCC1=Cc2cc(C(F)(F)F)ccc2S1(=O)=O. The number of halogens is 3. The molecule has 1 aliphatic heterocycles. The van der Waals surface area contributed by atoms with Gasteiger partial charge in [0.15, 0.2) is 0 Å². The second-order valence-corrected chi connectivity index (χ2v) is 6.19. The molecule has 1 heterocycles. The van der Waals surface area contributed by atoms with Crippen LogP contribution in [0.3, 0.4) is 0 Å². The Morgan fingerprint density at radius 2 is 1.95 bits per heavy atom. The van der Waals surface area contributed by atoms with Crippen molar-refractivity contribution in [3.8, 4) is 0 Å². The number of benzene rings is 1. The summed E-state index contributed by atoms with van der Waals surface area (Å²) >= 11 is 0. The molecule has 0 unspecified atom stereocenters. The van der Waals surface area contributed by atoms with Gasteiger partial charge in [-0.1, -0.05) is 0 Å². The first-order valence-electron chi connectivity index (χ1n) is 5.58. The lowest BCUT2D eigenvalue weighted by atomic mass is 10.1. The third-order valence-corrected chi connectivity index (χ3v) is 4.87. The first-order valence-corrected chi connectivity index (χ1v) is 7.06. The number of hydrogen-bond acceptors (Lipinski definition) is 3. The van der Waals surface area contributed by atoms with Gasteiger partial charge in [0.1, 0.15) is 0 Å². The summed E-state index contributed by atoms with van der Waals surface area (Å²) in [5.74, 6) is 0. The van der Waals surface area contributed by atoms with E-state index in [4.69, 9.17) is 0 Å². The van der Waals surface area contributed by atoms with Crippen LogP contribution in [0.1, 0.15) is 17.5 Å². The highest BCUT2D eigenvalue weighted by molar-refractivity contribution is 7.95. The summed E-state index contributed by atoms with van der Waals surface area (Å²) in [4.78, 5) is 0.0998. The van der Waals surface area contributed by atoms with E-state index in [9.17, 15) is 21.6 Å². The molecule has 0 amide bonds. The topological polar surface area (TPSA) is 46.2 Å². The van der Waals surface area contributed by atoms with Gasteiger partial charge in [0.05, 0.1) is 15.4 Å². The average Bonchev–Trinajstić information content (AvgIpc) is 2.57. The summed E-state index contributed by atoms with van der Waals surface area (Å²) in [6.07, 6.45) is -2.90. The van der Waals surface area contributed by atoms with E-state index in [1.54, 1.807) is 7.05 Å². The molecular formula is C12H12F3NO2S. The first-order chi connectivity index (χ1) is 8.76. The Labute approximate surface area is 109 Å². The molecule has 0 atom stereocenters. The Bertz CT molecular complexity index is 633. The van der Waals surface area contributed by atoms with Crippen molar-refractivity contribution in [1.82, 2.24) is 5.32 Å². The molecule has 0 bridgehead atoms. The van der Waals surface area contributed by atoms with E-state index in [1.807, 2.05) is 0 Å². The fourth-order valence-electron chi connectivity index (χ4n) is 1.93. The Morgan fingerprint density at radius 3 is 2.53 bits per heavy atom. The van der Waals surface area contributed by atoms with Gasteiger partial charge in [-0.25, -0.2) is 8.42 Å². The minimum atomic E-state index is -4.47. The fourth-order valence-corrected chi connectivity index (χ4v) is 3.54. The summed E-state index contributed by atoms with van der Waals surface area (Å²) in [6.45, 7) is 0.450. The summed E-state index contributed by atoms with van der Waals surface area (Å²) in [7, 11) is -1.95. The van der Waals surface area contributed by atoms with Crippen molar-refractivity contribution in [1.29, 1.82) is 0 Å². The first kappa shape index (κ1) is 14.1. The predicted molar refractivity (Wildman–Crippen MR) is 65.2 cm³/mol. The number of alkyl halides is 3. The molecule has 2 rings (SSSR count). The second kappa shape index (κ2) is 4.64. The zero-order valence-electron chi connectivity index (χ0n) is 10.1. The summed E-state index contributed by atoms with van der Waals surface area (Å²) in [5, 5.41) is 2.81. The number of hydrogen-bond donors (Lipinski definition) is 1. The second-order valence-electron chi connectivity index (χ2n) is 4.22. The summed E-state index contributed by atoms with van der Waals surface area (Å²) in [6, 6.07) is 2.70. The third-order valence-electron chi connectivity index (χ3n) is 2.91. The molecule has 0 fully saturated rings. The molecule has 0 radical (unpaired) electrons. The minimum absolute atomic E-state index is 0.0494. The van der Waals surface area contributed by atoms with E-state index in [0.717, 1.165) is 18.2 Å². The van der Waals surface area contributed by atoms with Crippen LogP contribution < -0.4 is 5.32 Å². The summed E-state index contributed by atoms with van der Waals surface area (Å²) in [5.41, 5.74) is -0.728. The van der Waals surface area contributed by atoms with Gasteiger partial charge in [-0.15, -0.1) is 0 Å². The number of nitrogens with one attached hydrogen (secondary N) is 1. The highest BCUT2D eigenvalue weighted by Crippen LogP contribution is 2.38. The van der Waals surface area contributed by atoms with Crippen molar-refractivity contribution < 1.29 is 21.6 Å². The van der Waals surface area contributed by atoms with Crippen molar-refractivity contribution in [2.45, 2.75) is 17.5 Å². The molecule has 1 aliphatic rings. The fraction of sp³-hybridized carbons (Fsp3) is 0.333. The molecule has 0 spiro atoms. The standard InChI is InChI=1S/C12H12F3NO2S/c1-16-5-4-10-7-8-6-9(12(13,14)15)2-3-11(8)19(10,17)18/h2-3,6-7,16H,4-5H2,1H3. The lowest BCUT2D eigenvalue weighted by Gasteiger charge is -2.08. The van der Waals surface area contributed by atoms with Gasteiger partial charge in [0.2, 0.25) is 9.84 Å². The molecule has 7 heteroatoms. The molecule has 0 aromatic heterocycles. The molecular weight excluding hydrogens is 279 g/mol. The van der Waals surface area contributed by atoms with E-state index in [-0.39, 0.29) is 21.8 Å². The Kier molecular flexibility index (Phi) is 3.44. The lowest BCUT2D eigenvalue weighted by molar-refractivity contribution is -0.137. The number of rotatable bonds is 3. The number of fused-ring (bicyclic) bond motifs is 1. The molecule has 0 saturated heterocycles. The molecule has 1 aromatic carbocycles. The predicted octanol–water partition coefficient (Wildman–Crippen LogP) is 2.44. The van der Waals surface area contributed by atoms with Crippen LogP contribution in [-0.2, 0) is 16.0 Å². The van der Waals surface area contributed by atoms with Crippen LogP contribution in [0.4, 0.5) is 13.2 Å². The normalized spacial score (nSPS) is 17.2. The Morgan fingerprint density at radius 1 is 1.26 bits per heavy atom. The minimum Gasteiger partial charge on any atom is -0.319 e. The van der Waals surface area contributed by atoms with Crippen molar-refractivity contribution in [3.63, 3.8) is 0 Å². The highest BCUT2D eigenvalue weighted by atomic mass is 32.2. The van der Waals surface area contributed by atoms with E-state index >= 15 is 0 Å². The van der Waals surface area contributed by atoms with Crippen molar-refractivity contribution in [3.05, 3.63) is 34.2 Å². The van der Waals surface area contributed by atoms with Gasteiger partial charge < -0.3 is 5.32 Å². The van der Waals surface area contributed by atoms with Gasteiger partial charge >= 0.3 is 6.18 Å². The van der Waals surface area contributed by atoms with Gasteiger partial charge in [0, 0.05) is 0 Å². The van der Waals surface area contributed by atoms with Crippen LogP contribution in [-0.4, -0.2) is 22.0 Å². The van der Waals surface area contributed by atoms with Gasteiger partial charge in [-0.05, 0) is 49.9 Å². The van der Waals surface area contributed by atoms with Crippen LogP contribution in [0.25, 0.3) is 6.08 Å². The Balaban J connectivity index is 2.46. The van der Waals surface area contributed by atoms with E-state index in [0.29, 0.717) is 6.54 Å².